The number of hydrogen-bond donors (Lipinski definition) is 2. The number of nitrogens with zero attached hydrogens (tertiary/aromatic N) is 2. The van der Waals surface area contributed by atoms with Crippen LogP contribution in [-0.4, -0.2) is 29.6 Å². The van der Waals surface area contributed by atoms with E-state index < -0.39 is 6.03 Å². The van der Waals surface area contributed by atoms with Crippen LogP contribution in [0.5, 0.6) is 11.5 Å². The fraction of sp³-hybridized carbons (Fsp3) is 0.130. The van der Waals surface area contributed by atoms with Gasteiger partial charge in [-0.3, -0.25) is 9.72 Å². The van der Waals surface area contributed by atoms with Crippen LogP contribution in [0.1, 0.15) is 5.56 Å². The van der Waals surface area contributed by atoms with Gasteiger partial charge < -0.3 is 14.8 Å². The Labute approximate surface area is 174 Å². The fourth-order valence-corrected chi connectivity index (χ4v) is 3.27. The third kappa shape index (κ3) is 3.77. The molecule has 0 atom stereocenters. The average Bonchev–Trinajstić information content (AvgIpc) is 3.12. The van der Waals surface area contributed by atoms with Crippen LogP contribution in [0, 0.1) is 6.92 Å². The summed E-state index contributed by atoms with van der Waals surface area (Å²) in [6, 6.07) is 18.5. The molecule has 0 bridgehead atoms. The second-order valence-electron chi connectivity index (χ2n) is 6.75. The molecule has 7 nitrogen and oxygen atoms in total. The molecule has 2 amide bonds. The lowest BCUT2D eigenvalue weighted by Crippen LogP contribution is -2.21. The number of fused-ring (bicyclic) bond motifs is 1. The monoisotopic (exact) mass is 402 g/mol. The molecular weight excluding hydrogens is 380 g/mol. The molecule has 4 aromatic rings. The lowest BCUT2D eigenvalue weighted by molar-refractivity contribution is 0.262. The zero-order chi connectivity index (χ0) is 21.1. The van der Waals surface area contributed by atoms with Crippen LogP contribution in [0.4, 0.5) is 16.3 Å². The van der Waals surface area contributed by atoms with Gasteiger partial charge in [0.2, 0.25) is 0 Å². The van der Waals surface area contributed by atoms with Crippen LogP contribution in [-0.2, 0) is 0 Å². The summed E-state index contributed by atoms with van der Waals surface area (Å²) in [4.78, 5) is 17.6. The molecule has 0 radical (unpaired) electrons. The second kappa shape index (κ2) is 8.16. The van der Waals surface area contributed by atoms with Crippen molar-refractivity contribution < 1.29 is 14.3 Å². The van der Waals surface area contributed by atoms with E-state index >= 15 is 0 Å². The number of nitrogens with one attached hydrogen (secondary N) is 2. The van der Waals surface area contributed by atoms with Crippen LogP contribution in [0.25, 0.3) is 16.9 Å². The lowest BCUT2D eigenvalue weighted by atomic mass is 10.1. The number of pyridine rings is 1. The van der Waals surface area contributed by atoms with Crippen LogP contribution in [0.15, 0.2) is 66.9 Å². The average molecular weight is 402 g/mol. The highest BCUT2D eigenvalue weighted by Gasteiger charge is 2.17. The number of rotatable bonds is 5. The summed E-state index contributed by atoms with van der Waals surface area (Å²) in [5.41, 5.74) is 4.01. The summed E-state index contributed by atoms with van der Waals surface area (Å²) in [6.45, 7) is 2.02. The maximum absolute atomic E-state index is 12.8. The quantitative estimate of drug-likeness (QED) is 0.494. The second-order valence-corrected chi connectivity index (χ2v) is 6.75. The molecule has 7 heteroatoms. The predicted octanol–water partition coefficient (Wildman–Crippen LogP) is 4.97. The maximum atomic E-state index is 12.8. The van der Waals surface area contributed by atoms with Gasteiger partial charge in [-0.15, -0.1) is 0 Å². The number of carbonyl (C=O) groups excluding carboxylic acids is 1. The van der Waals surface area contributed by atoms with Gasteiger partial charge in [0.25, 0.3) is 0 Å². The van der Waals surface area contributed by atoms with E-state index in [9.17, 15) is 4.79 Å². The number of hydrogen-bond acceptors (Lipinski definition) is 4. The Morgan fingerprint density at radius 1 is 0.967 bits per heavy atom. The molecule has 152 valence electrons. The van der Waals surface area contributed by atoms with Crippen molar-refractivity contribution in [3.8, 4) is 22.8 Å². The first kappa shape index (κ1) is 19.3. The van der Waals surface area contributed by atoms with Gasteiger partial charge in [0, 0.05) is 17.8 Å². The molecule has 2 aromatic heterocycles. The van der Waals surface area contributed by atoms with Gasteiger partial charge in [0.05, 0.1) is 19.9 Å². The number of ether oxygens (including phenoxy) is 2. The van der Waals surface area contributed by atoms with Gasteiger partial charge in [-0.2, -0.15) is 0 Å². The van der Waals surface area contributed by atoms with Gasteiger partial charge >= 0.3 is 6.03 Å². The highest BCUT2D eigenvalue weighted by molar-refractivity contribution is 6.02. The maximum Gasteiger partial charge on any atom is 0.324 e. The lowest BCUT2D eigenvalue weighted by Gasteiger charge is -2.13. The van der Waals surface area contributed by atoms with Crippen LogP contribution >= 0.6 is 0 Å². The molecule has 0 unspecified atom stereocenters. The molecule has 0 spiro atoms. The molecule has 0 aliphatic heterocycles. The highest BCUT2D eigenvalue weighted by Crippen LogP contribution is 2.31. The van der Waals surface area contributed by atoms with Crippen molar-refractivity contribution in [1.82, 2.24) is 9.38 Å². The van der Waals surface area contributed by atoms with Crippen molar-refractivity contribution in [2.75, 3.05) is 24.9 Å². The van der Waals surface area contributed by atoms with Crippen molar-refractivity contribution in [2.45, 2.75) is 6.92 Å². The molecular formula is C23H22N4O3. The predicted molar refractivity (Wildman–Crippen MR) is 118 cm³/mol. The standard InChI is InChI=1S/C23H22N4O3/c1-15-7-6-8-16(13-15)21-22(27-12-5-4-9-20(27)25-21)26-23(28)24-18-11-10-17(29-2)14-19(18)30-3/h4-14H,1-3H3,(H2,24,26,28). The summed E-state index contributed by atoms with van der Waals surface area (Å²) in [7, 11) is 3.12. The van der Waals surface area contributed by atoms with E-state index in [4.69, 9.17) is 14.5 Å². The minimum atomic E-state index is -0.405. The first-order valence-electron chi connectivity index (χ1n) is 9.43. The van der Waals surface area contributed by atoms with E-state index in [1.54, 1.807) is 25.3 Å². The Balaban J connectivity index is 1.68. The van der Waals surface area contributed by atoms with Crippen molar-refractivity contribution in [3.63, 3.8) is 0 Å². The molecule has 2 N–H and O–H groups in total. The third-order valence-corrected chi connectivity index (χ3v) is 4.71. The van der Waals surface area contributed by atoms with Gasteiger partial charge in [-0.25, -0.2) is 9.78 Å². The SMILES string of the molecule is COc1ccc(NC(=O)Nc2c(-c3cccc(C)c3)nc3ccccn23)c(OC)c1. The zero-order valence-corrected chi connectivity index (χ0v) is 17.0. The summed E-state index contributed by atoms with van der Waals surface area (Å²) in [5, 5.41) is 5.78. The van der Waals surface area contributed by atoms with E-state index in [0.717, 1.165) is 16.8 Å². The number of amides is 2. The molecule has 4 rings (SSSR count). The highest BCUT2D eigenvalue weighted by atomic mass is 16.5. The Bertz CT molecular complexity index is 1220. The third-order valence-electron chi connectivity index (χ3n) is 4.71. The van der Waals surface area contributed by atoms with Crippen molar-refractivity contribution in [3.05, 3.63) is 72.4 Å². The molecule has 0 aliphatic rings. The van der Waals surface area contributed by atoms with E-state index in [1.165, 1.54) is 7.11 Å². The molecule has 0 saturated carbocycles. The Morgan fingerprint density at radius 2 is 1.83 bits per heavy atom. The fourth-order valence-electron chi connectivity index (χ4n) is 3.27. The number of carbonyl (C=O) groups is 1. The minimum Gasteiger partial charge on any atom is -0.497 e. The number of aromatic nitrogens is 2. The zero-order valence-electron chi connectivity index (χ0n) is 17.0. The van der Waals surface area contributed by atoms with Gasteiger partial charge in [0.1, 0.15) is 28.7 Å². The van der Waals surface area contributed by atoms with E-state index in [0.29, 0.717) is 28.7 Å². The molecule has 30 heavy (non-hydrogen) atoms. The summed E-state index contributed by atoms with van der Waals surface area (Å²) >= 11 is 0. The molecule has 2 aromatic carbocycles. The number of urea groups is 1. The van der Waals surface area contributed by atoms with Gasteiger partial charge in [0.15, 0.2) is 0 Å². The summed E-state index contributed by atoms with van der Waals surface area (Å²) in [6.07, 6.45) is 1.87. The number of benzene rings is 2. The van der Waals surface area contributed by atoms with Gasteiger partial charge in [-0.1, -0.05) is 29.8 Å². The number of methoxy groups -OCH3 is 2. The summed E-state index contributed by atoms with van der Waals surface area (Å²) < 4.78 is 12.4. The molecule has 0 aliphatic carbocycles. The summed E-state index contributed by atoms with van der Waals surface area (Å²) in [5.74, 6) is 1.73. The van der Waals surface area contributed by atoms with E-state index in [1.807, 2.05) is 60.0 Å². The Morgan fingerprint density at radius 3 is 2.60 bits per heavy atom. The minimum absolute atomic E-state index is 0.405. The van der Waals surface area contributed by atoms with Crippen molar-refractivity contribution in [2.24, 2.45) is 0 Å². The number of aryl methyl sites for hydroxylation is 1. The molecule has 2 heterocycles. The first-order valence-corrected chi connectivity index (χ1v) is 9.43. The topological polar surface area (TPSA) is 76.9 Å². The molecule has 0 saturated heterocycles. The smallest absolute Gasteiger partial charge is 0.324 e. The number of imidazole rings is 1. The first-order chi connectivity index (χ1) is 14.6. The van der Waals surface area contributed by atoms with Gasteiger partial charge in [-0.05, 0) is 37.3 Å². The normalized spacial score (nSPS) is 10.6. The van der Waals surface area contributed by atoms with E-state index in [2.05, 4.69) is 10.6 Å². The van der Waals surface area contributed by atoms with Crippen LogP contribution < -0.4 is 20.1 Å². The van der Waals surface area contributed by atoms with Crippen LogP contribution in [0.2, 0.25) is 0 Å². The Kier molecular flexibility index (Phi) is 5.26. The van der Waals surface area contributed by atoms with Crippen molar-refractivity contribution in [1.29, 1.82) is 0 Å². The van der Waals surface area contributed by atoms with Crippen LogP contribution in [0.3, 0.4) is 0 Å². The van der Waals surface area contributed by atoms with E-state index in [-0.39, 0.29) is 0 Å². The van der Waals surface area contributed by atoms with Crippen molar-refractivity contribution >= 4 is 23.2 Å². The Hall–Kier alpha value is -4.00. The number of anilines is 2. The largest absolute Gasteiger partial charge is 0.497 e. The molecule has 0 fully saturated rings.